The van der Waals surface area contributed by atoms with E-state index in [1.165, 1.54) is 25.1 Å². The molecule has 1 aromatic rings. The molecule has 1 aliphatic rings. The number of carboxylic acid groups (broad SMARTS) is 1. The molecule has 0 aliphatic carbocycles. The Balaban J connectivity index is 2.28. The van der Waals surface area contributed by atoms with Crippen LogP contribution in [0.25, 0.3) is 0 Å². The summed E-state index contributed by atoms with van der Waals surface area (Å²) in [5.41, 5.74) is -1.49. The molecule has 0 unspecified atom stereocenters. The molecule has 0 aromatic carbocycles. The molecular formula is C14H20N2O6S. The Kier molecular flexibility index (Phi) is 4.54. The fourth-order valence-corrected chi connectivity index (χ4v) is 3.98. The number of sulfonamides is 1. The number of amides is 1. The van der Waals surface area contributed by atoms with Gasteiger partial charge in [0.25, 0.3) is 5.91 Å². The van der Waals surface area contributed by atoms with Crippen molar-refractivity contribution in [2.45, 2.75) is 44.0 Å². The van der Waals surface area contributed by atoms with E-state index in [-0.39, 0.29) is 16.4 Å². The summed E-state index contributed by atoms with van der Waals surface area (Å²) < 4.78 is 31.6. The fourth-order valence-electron chi connectivity index (χ4n) is 2.30. The Hall–Kier alpha value is -1.87. The van der Waals surface area contributed by atoms with Crippen LogP contribution in [0.5, 0.6) is 0 Å². The van der Waals surface area contributed by atoms with Crippen LogP contribution in [0, 0.1) is 6.92 Å². The van der Waals surface area contributed by atoms with E-state index >= 15 is 0 Å². The third-order valence-corrected chi connectivity index (χ3v) is 5.75. The lowest BCUT2D eigenvalue weighted by atomic mass is 10.1. The zero-order valence-corrected chi connectivity index (χ0v) is 14.1. The van der Waals surface area contributed by atoms with Gasteiger partial charge in [-0.1, -0.05) is 0 Å². The molecule has 2 N–H and O–H groups in total. The van der Waals surface area contributed by atoms with E-state index in [2.05, 4.69) is 5.32 Å². The number of carbonyl (C=O) groups excluding carboxylic acids is 1. The van der Waals surface area contributed by atoms with Crippen molar-refractivity contribution in [1.82, 2.24) is 9.62 Å². The summed E-state index contributed by atoms with van der Waals surface area (Å²) in [6, 6.07) is 1.15. The molecule has 1 fully saturated rings. The normalized spacial score (nSPS) is 16.5. The third-order valence-electron chi connectivity index (χ3n) is 3.74. The van der Waals surface area contributed by atoms with Gasteiger partial charge in [-0.05, 0) is 33.6 Å². The summed E-state index contributed by atoms with van der Waals surface area (Å²) in [5.74, 6) is -2.10. The van der Waals surface area contributed by atoms with E-state index in [4.69, 9.17) is 9.52 Å². The number of rotatable bonds is 5. The third kappa shape index (κ3) is 3.40. The molecule has 9 heteroatoms. The Morgan fingerprint density at radius 3 is 2.39 bits per heavy atom. The van der Waals surface area contributed by atoms with Crippen LogP contribution in [-0.2, 0) is 14.8 Å². The minimum atomic E-state index is -3.70. The topological polar surface area (TPSA) is 117 Å². The van der Waals surface area contributed by atoms with E-state index in [0.717, 1.165) is 18.9 Å². The number of carbonyl (C=O) groups is 2. The standard InChI is InChI=1S/C14H20N2O6S/c1-9-11(23(20,21)16-6-4-5-7-16)8-10(22-9)12(17)15-14(2,3)13(18)19/h8H,4-7H2,1-3H3,(H,15,17)(H,18,19). The van der Waals surface area contributed by atoms with Gasteiger partial charge in [-0.25, -0.2) is 13.2 Å². The Morgan fingerprint density at radius 2 is 1.87 bits per heavy atom. The Labute approximate surface area is 134 Å². The van der Waals surface area contributed by atoms with E-state index in [9.17, 15) is 18.0 Å². The van der Waals surface area contributed by atoms with Crippen LogP contribution in [0.4, 0.5) is 0 Å². The van der Waals surface area contributed by atoms with Gasteiger partial charge in [-0.15, -0.1) is 0 Å². The molecule has 1 amide bonds. The highest BCUT2D eigenvalue weighted by Gasteiger charge is 2.34. The number of nitrogens with zero attached hydrogens (tertiary/aromatic N) is 1. The molecule has 2 heterocycles. The second kappa shape index (κ2) is 5.97. The van der Waals surface area contributed by atoms with E-state index in [1.54, 1.807) is 0 Å². The molecule has 0 spiro atoms. The number of carboxylic acids is 1. The van der Waals surface area contributed by atoms with Crippen LogP contribution < -0.4 is 5.32 Å². The highest BCUT2D eigenvalue weighted by Crippen LogP contribution is 2.26. The van der Waals surface area contributed by atoms with Crippen LogP contribution in [0.1, 0.15) is 43.0 Å². The molecule has 8 nitrogen and oxygen atoms in total. The van der Waals surface area contributed by atoms with Crippen molar-refractivity contribution in [3.05, 3.63) is 17.6 Å². The van der Waals surface area contributed by atoms with Gasteiger partial charge in [0.05, 0.1) is 0 Å². The quantitative estimate of drug-likeness (QED) is 0.822. The number of aryl methyl sites for hydroxylation is 1. The zero-order valence-electron chi connectivity index (χ0n) is 13.2. The van der Waals surface area contributed by atoms with Gasteiger partial charge < -0.3 is 14.8 Å². The predicted octanol–water partition coefficient (Wildman–Crippen LogP) is 0.966. The lowest BCUT2D eigenvalue weighted by Crippen LogP contribution is -2.49. The SMILES string of the molecule is Cc1oc(C(=O)NC(C)(C)C(=O)O)cc1S(=O)(=O)N1CCCC1. The highest BCUT2D eigenvalue weighted by atomic mass is 32.2. The minimum absolute atomic E-state index is 0.0577. The number of hydrogen-bond acceptors (Lipinski definition) is 5. The van der Waals surface area contributed by atoms with Crippen LogP contribution in [-0.4, -0.2) is 48.3 Å². The van der Waals surface area contributed by atoms with Crippen molar-refractivity contribution in [2.24, 2.45) is 0 Å². The monoisotopic (exact) mass is 344 g/mol. The first-order valence-electron chi connectivity index (χ1n) is 7.22. The summed E-state index contributed by atoms with van der Waals surface area (Å²) in [6.07, 6.45) is 1.60. The molecule has 1 aliphatic heterocycles. The fraction of sp³-hybridized carbons (Fsp3) is 0.571. The average molecular weight is 344 g/mol. The molecule has 0 bridgehead atoms. The summed E-state index contributed by atoms with van der Waals surface area (Å²) in [6.45, 7) is 5.00. The van der Waals surface area contributed by atoms with Crippen LogP contribution in [0.15, 0.2) is 15.4 Å². The zero-order chi connectivity index (χ0) is 17.4. The van der Waals surface area contributed by atoms with Crippen molar-refractivity contribution in [1.29, 1.82) is 0 Å². The lowest BCUT2D eigenvalue weighted by molar-refractivity contribution is -0.143. The van der Waals surface area contributed by atoms with Gasteiger partial charge in [-0.2, -0.15) is 4.31 Å². The van der Waals surface area contributed by atoms with Gasteiger partial charge in [0, 0.05) is 19.2 Å². The predicted molar refractivity (Wildman–Crippen MR) is 80.6 cm³/mol. The van der Waals surface area contributed by atoms with Crippen molar-refractivity contribution >= 4 is 21.9 Å². The molecule has 0 radical (unpaired) electrons. The molecular weight excluding hydrogens is 324 g/mol. The first kappa shape index (κ1) is 17.5. The first-order valence-corrected chi connectivity index (χ1v) is 8.66. The largest absolute Gasteiger partial charge is 0.480 e. The summed E-state index contributed by atoms with van der Waals surface area (Å²) in [5, 5.41) is 11.3. The molecule has 2 rings (SSSR count). The summed E-state index contributed by atoms with van der Waals surface area (Å²) >= 11 is 0. The van der Waals surface area contributed by atoms with Crippen LogP contribution in [0.2, 0.25) is 0 Å². The second-order valence-electron chi connectivity index (χ2n) is 6.03. The van der Waals surface area contributed by atoms with Crippen molar-refractivity contribution in [3.63, 3.8) is 0 Å². The van der Waals surface area contributed by atoms with Crippen molar-refractivity contribution in [2.75, 3.05) is 13.1 Å². The van der Waals surface area contributed by atoms with Gasteiger partial charge in [0.15, 0.2) is 5.76 Å². The number of aliphatic carboxylic acids is 1. The average Bonchev–Trinajstić information content (AvgIpc) is 3.07. The number of furan rings is 1. The Morgan fingerprint density at radius 1 is 1.30 bits per heavy atom. The van der Waals surface area contributed by atoms with Crippen LogP contribution >= 0.6 is 0 Å². The summed E-state index contributed by atoms with van der Waals surface area (Å²) in [7, 11) is -3.70. The molecule has 1 aromatic heterocycles. The maximum absolute atomic E-state index is 12.5. The first-order chi connectivity index (χ1) is 10.6. The Bertz CT molecular complexity index is 728. The van der Waals surface area contributed by atoms with Crippen molar-refractivity contribution in [3.8, 4) is 0 Å². The van der Waals surface area contributed by atoms with Crippen molar-refractivity contribution < 1.29 is 27.5 Å². The molecule has 1 saturated heterocycles. The summed E-state index contributed by atoms with van der Waals surface area (Å²) in [4.78, 5) is 23.1. The maximum Gasteiger partial charge on any atom is 0.328 e. The number of hydrogen-bond donors (Lipinski definition) is 2. The lowest BCUT2D eigenvalue weighted by Gasteiger charge is -2.19. The molecule has 23 heavy (non-hydrogen) atoms. The van der Waals surface area contributed by atoms with E-state index < -0.39 is 27.4 Å². The van der Waals surface area contributed by atoms with Gasteiger partial charge in [0.2, 0.25) is 10.0 Å². The minimum Gasteiger partial charge on any atom is -0.480 e. The molecule has 0 atom stereocenters. The van der Waals surface area contributed by atoms with E-state index in [0.29, 0.717) is 13.1 Å². The highest BCUT2D eigenvalue weighted by molar-refractivity contribution is 7.89. The molecule has 0 saturated carbocycles. The second-order valence-corrected chi connectivity index (χ2v) is 7.93. The van der Waals surface area contributed by atoms with Crippen LogP contribution in [0.3, 0.4) is 0 Å². The smallest absolute Gasteiger partial charge is 0.328 e. The van der Waals surface area contributed by atoms with Gasteiger partial charge >= 0.3 is 5.97 Å². The number of nitrogens with one attached hydrogen (secondary N) is 1. The molecule has 128 valence electrons. The maximum atomic E-state index is 12.5. The van der Waals surface area contributed by atoms with E-state index in [1.807, 2.05) is 0 Å². The van der Waals surface area contributed by atoms with Gasteiger partial charge in [0.1, 0.15) is 16.2 Å². The van der Waals surface area contributed by atoms with Gasteiger partial charge in [-0.3, -0.25) is 4.79 Å².